The molecule has 4 nitrogen and oxygen atoms in total. The van der Waals surface area contributed by atoms with Gasteiger partial charge in [0.05, 0.1) is 22.9 Å². The van der Waals surface area contributed by atoms with Crippen molar-refractivity contribution in [2.45, 2.75) is 32.9 Å². The van der Waals surface area contributed by atoms with E-state index in [-0.39, 0.29) is 12.1 Å². The third-order valence-electron chi connectivity index (χ3n) is 2.98. The van der Waals surface area contributed by atoms with E-state index in [4.69, 9.17) is 16.3 Å². The molecule has 1 heterocycles. The van der Waals surface area contributed by atoms with Crippen LogP contribution in [0.15, 0.2) is 30.5 Å². The summed E-state index contributed by atoms with van der Waals surface area (Å²) >= 11 is 6.23. The Bertz CT molecular complexity index is 580. The first kappa shape index (κ1) is 14.7. The van der Waals surface area contributed by atoms with Gasteiger partial charge in [0.15, 0.2) is 0 Å². The van der Waals surface area contributed by atoms with Gasteiger partial charge in [-0.15, -0.1) is 0 Å². The highest BCUT2D eigenvalue weighted by Gasteiger charge is 2.11. The quantitative estimate of drug-likeness (QED) is 0.904. The molecule has 0 radical (unpaired) electrons. The van der Waals surface area contributed by atoms with Gasteiger partial charge in [-0.1, -0.05) is 11.6 Å². The predicted octanol–water partition coefficient (Wildman–Crippen LogP) is 4.03. The van der Waals surface area contributed by atoms with Crippen LogP contribution in [-0.2, 0) is 7.05 Å². The fourth-order valence-corrected chi connectivity index (χ4v) is 2.30. The van der Waals surface area contributed by atoms with E-state index in [9.17, 15) is 0 Å². The number of nitrogens with one attached hydrogen (secondary N) is 1. The first-order valence-electron chi connectivity index (χ1n) is 6.68. The molecule has 0 bridgehead atoms. The van der Waals surface area contributed by atoms with Crippen LogP contribution in [0.25, 0.3) is 0 Å². The summed E-state index contributed by atoms with van der Waals surface area (Å²) in [4.78, 5) is 0. The average Bonchev–Trinajstić information content (AvgIpc) is 2.78. The second-order valence-electron chi connectivity index (χ2n) is 5.06. The highest BCUT2D eigenvalue weighted by Crippen LogP contribution is 2.30. The van der Waals surface area contributed by atoms with E-state index < -0.39 is 0 Å². The number of rotatable bonds is 5. The largest absolute Gasteiger partial charge is 0.489 e. The second kappa shape index (κ2) is 6.18. The molecule has 20 heavy (non-hydrogen) atoms. The van der Waals surface area contributed by atoms with Crippen LogP contribution in [0, 0.1) is 0 Å². The van der Waals surface area contributed by atoms with Gasteiger partial charge in [0.25, 0.3) is 0 Å². The highest BCUT2D eigenvalue weighted by atomic mass is 35.5. The molecule has 0 aliphatic rings. The standard InChI is InChI=1S/C15H20ClN3O/c1-10(2)20-15-6-5-12(9-13(15)16)18-11(3)14-7-8-17-19(14)4/h5-11,18H,1-4H3. The molecule has 0 amide bonds. The van der Waals surface area contributed by atoms with Gasteiger partial charge in [0, 0.05) is 18.9 Å². The Morgan fingerprint density at radius 2 is 2.00 bits per heavy atom. The number of aryl methyl sites for hydroxylation is 1. The molecule has 1 aromatic heterocycles. The van der Waals surface area contributed by atoms with Crippen LogP contribution < -0.4 is 10.1 Å². The van der Waals surface area contributed by atoms with Crippen molar-refractivity contribution in [2.75, 3.05) is 5.32 Å². The van der Waals surface area contributed by atoms with Crippen molar-refractivity contribution < 1.29 is 4.74 Å². The average molecular weight is 294 g/mol. The van der Waals surface area contributed by atoms with Gasteiger partial charge in [-0.2, -0.15) is 5.10 Å². The van der Waals surface area contributed by atoms with Crippen LogP contribution in [0.5, 0.6) is 5.75 Å². The van der Waals surface area contributed by atoms with Gasteiger partial charge in [0.2, 0.25) is 0 Å². The number of ether oxygens (including phenoxy) is 1. The summed E-state index contributed by atoms with van der Waals surface area (Å²) in [5.74, 6) is 0.709. The van der Waals surface area contributed by atoms with E-state index in [0.29, 0.717) is 10.8 Å². The van der Waals surface area contributed by atoms with Crippen molar-refractivity contribution in [3.8, 4) is 5.75 Å². The summed E-state index contributed by atoms with van der Waals surface area (Å²) in [5, 5.41) is 8.19. The fraction of sp³-hybridized carbons (Fsp3) is 0.400. The molecule has 0 saturated carbocycles. The summed E-state index contributed by atoms with van der Waals surface area (Å²) < 4.78 is 7.48. The van der Waals surface area contributed by atoms with Crippen LogP contribution in [0.3, 0.4) is 0 Å². The minimum absolute atomic E-state index is 0.111. The summed E-state index contributed by atoms with van der Waals surface area (Å²) in [6, 6.07) is 7.88. The van der Waals surface area contributed by atoms with Crippen molar-refractivity contribution in [1.82, 2.24) is 9.78 Å². The minimum Gasteiger partial charge on any atom is -0.489 e. The second-order valence-corrected chi connectivity index (χ2v) is 5.46. The Morgan fingerprint density at radius 3 is 2.55 bits per heavy atom. The lowest BCUT2D eigenvalue weighted by Crippen LogP contribution is -2.11. The van der Waals surface area contributed by atoms with Crippen LogP contribution >= 0.6 is 11.6 Å². The van der Waals surface area contributed by atoms with Crippen molar-refractivity contribution >= 4 is 17.3 Å². The molecule has 1 unspecified atom stereocenters. The first-order chi connectivity index (χ1) is 9.47. The lowest BCUT2D eigenvalue weighted by molar-refractivity contribution is 0.242. The lowest BCUT2D eigenvalue weighted by atomic mass is 10.2. The molecule has 2 rings (SSSR count). The molecule has 0 spiro atoms. The van der Waals surface area contributed by atoms with Crippen molar-refractivity contribution in [3.63, 3.8) is 0 Å². The SMILES string of the molecule is CC(C)Oc1ccc(NC(C)c2ccnn2C)cc1Cl. The Kier molecular flexibility index (Phi) is 4.55. The van der Waals surface area contributed by atoms with E-state index in [2.05, 4.69) is 17.3 Å². The molecular weight excluding hydrogens is 274 g/mol. The van der Waals surface area contributed by atoms with Gasteiger partial charge in [-0.25, -0.2) is 0 Å². The molecule has 0 saturated heterocycles. The zero-order chi connectivity index (χ0) is 14.7. The Balaban J connectivity index is 2.11. The first-order valence-corrected chi connectivity index (χ1v) is 7.06. The molecular formula is C15H20ClN3O. The number of aromatic nitrogens is 2. The zero-order valence-electron chi connectivity index (χ0n) is 12.2. The third kappa shape index (κ3) is 3.45. The predicted molar refractivity (Wildman–Crippen MR) is 82.5 cm³/mol. The molecule has 108 valence electrons. The van der Waals surface area contributed by atoms with E-state index in [0.717, 1.165) is 11.4 Å². The molecule has 1 atom stereocenters. The molecule has 1 N–H and O–H groups in total. The maximum Gasteiger partial charge on any atom is 0.138 e. The van der Waals surface area contributed by atoms with Gasteiger partial charge in [-0.3, -0.25) is 4.68 Å². The summed E-state index contributed by atoms with van der Waals surface area (Å²) in [6.07, 6.45) is 1.90. The molecule has 1 aromatic carbocycles. The van der Waals surface area contributed by atoms with Crippen LogP contribution in [0.2, 0.25) is 5.02 Å². The van der Waals surface area contributed by atoms with Crippen molar-refractivity contribution in [3.05, 3.63) is 41.2 Å². The summed E-state index contributed by atoms with van der Waals surface area (Å²) in [6.45, 7) is 6.05. The van der Waals surface area contributed by atoms with Gasteiger partial charge in [-0.05, 0) is 45.0 Å². The topological polar surface area (TPSA) is 39.1 Å². The van der Waals surface area contributed by atoms with Crippen molar-refractivity contribution in [1.29, 1.82) is 0 Å². The van der Waals surface area contributed by atoms with Crippen molar-refractivity contribution in [2.24, 2.45) is 7.05 Å². The lowest BCUT2D eigenvalue weighted by Gasteiger charge is -2.17. The Hall–Kier alpha value is -1.68. The monoisotopic (exact) mass is 293 g/mol. The Labute approximate surface area is 124 Å². The normalized spacial score (nSPS) is 12.5. The molecule has 5 heteroatoms. The smallest absolute Gasteiger partial charge is 0.138 e. The molecule has 2 aromatic rings. The van der Waals surface area contributed by atoms with E-state index in [1.807, 2.05) is 49.8 Å². The molecule has 0 aliphatic carbocycles. The number of hydrogen-bond acceptors (Lipinski definition) is 3. The zero-order valence-corrected chi connectivity index (χ0v) is 13.0. The number of hydrogen-bond donors (Lipinski definition) is 1. The minimum atomic E-state index is 0.111. The number of anilines is 1. The summed E-state index contributed by atoms with van der Waals surface area (Å²) in [7, 11) is 1.93. The number of nitrogens with zero attached hydrogens (tertiary/aromatic N) is 2. The Morgan fingerprint density at radius 1 is 1.25 bits per heavy atom. The van der Waals surface area contributed by atoms with E-state index in [1.54, 1.807) is 6.20 Å². The van der Waals surface area contributed by atoms with Gasteiger partial charge < -0.3 is 10.1 Å². The van der Waals surface area contributed by atoms with Crippen LogP contribution in [0.4, 0.5) is 5.69 Å². The molecule has 0 aliphatic heterocycles. The van der Waals surface area contributed by atoms with E-state index >= 15 is 0 Å². The number of benzene rings is 1. The highest BCUT2D eigenvalue weighted by molar-refractivity contribution is 6.32. The van der Waals surface area contributed by atoms with Gasteiger partial charge >= 0.3 is 0 Å². The van der Waals surface area contributed by atoms with Crippen LogP contribution in [-0.4, -0.2) is 15.9 Å². The molecule has 0 fully saturated rings. The third-order valence-corrected chi connectivity index (χ3v) is 3.28. The number of halogens is 1. The van der Waals surface area contributed by atoms with E-state index in [1.165, 1.54) is 0 Å². The maximum absolute atomic E-state index is 6.23. The fourth-order valence-electron chi connectivity index (χ4n) is 2.07. The van der Waals surface area contributed by atoms with Crippen LogP contribution in [0.1, 0.15) is 32.5 Å². The van der Waals surface area contributed by atoms with Gasteiger partial charge in [0.1, 0.15) is 5.75 Å². The maximum atomic E-state index is 6.23. The summed E-state index contributed by atoms with van der Waals surface area (Å²) in [5.41, 5.74) is 2.07.